The van der Waals surface area contributed by atoms with E-state index in [0.29, 0.717) is 5.69 Å². The van der Waals surface area contributed by atoms with E-state index in [1.165, 1.54) is 18.2 Å². The summed E-state index contributed by atoms with van der Waals surface area (Å²) in [5.74, 6) is -1.69. The van der Waals surface area contributed by atoms with Gasteiger partial charge in [-0.2, -0.15) is 5.26 Å². The first kappa shape index (κ1) is 21.6. The second-order valence-corrected chi connectivity index (χ2v) is 7.41. The van der Waals surface area contributed by atoms with Gasteiger partial charge < -0.3 is 15.0 Å². The number of nitriles is 1. The summed E-state index contributed by atoms with van der Waals surface area (Å²) in [6.45, 7) is 8.04. The number of carbonyl (C=O) groups is 2. The van der Waals surface area contributed by atoms with Gasteiger partial charge in [-0.05, 0) is 74.7 Å². The Kier molecular flexibility index (Phi) is 6.07. The highest BCUT2D eigenvalue weighted by Crippen LogP contribution is 2.27. The van der Waals surface area contributed by atoms with E-state index < -0.39 is 11.9 Å². The van der Waals surface area contributed by atoms with Crippen LogP contribution in [0.5, 0.6) is 0 Å². The first-order chi connectivity index (χ1) is 14.7. The largest absolute Gasteiger partial charge is 0.478 e. The fraction of sp³-hybridized carbons (Fsp3) is 0.160. The van der Waals surface area contributed by atoms with Crippen molar-refractivity contribution in [1.29, 1.82) is 5.26 Å². The van der Waals surface area contributed by atoms with Crippen LogP contribution in [0.25, 0.3) is 11.8 Å². The lowest BCUT2D eigenvalue weighted by Gasteiger charge is -2.15. The molecule has 1 aromatic heterocycles. The molecule has 3 aromatic rings. The van der Waals surface area contributed by atoms with Crippen LogP contribution in [0.1, 0.15) is 38.4 Å². The van der Waals surface area contributed by atoms with Crippen molar-refractivity contribution in [3.05, 3.63) is 87.7 Å². The van der Waals surface area contributed by atoms with Crippen molar-refractivity contribution in [2.24, 2.45) is 0 Å². The quantitative estimate of drug-likeness (QED) is 0.457. The average Bonchev–Trinajstić information content (AvgIpc) is 2.99. The van der Waals surface area contributed by atoms with E-state index in [2.05, 4.69) is 35.9 Å². The number of carboxylic acid groups (broad SMARTS) is 1. The summed E-state index contributed by atoms with van der Waals surface area (Å²) < 4.78 is 2.12. The van der Waals surface area contributed by atoms with Gasteiger partial charge in [0.1, 0.15) is 11.6 Å². The molecule has 0 aliphatic carbocycles. The minimum Gasteiger partial charge on any atom is -0.478 e. The van der Waals surface area contributed by atoms with Gasteiger partial charge in [-0.3, -0.25) is 4.79 Å². The molecule has 0 aliphatic heterocycles. The van der Waals surface area contributed by atoms with Crippen molar-refractivity contribution in [3.8, 4) is 11.8 Å². The molecule has 3 rings (SSSR count). The normalized spacial score (nSPS) is 11.1. The first-order valence-electron chi connectivity index (χ1n) is 9.75. The summed E-state index contributed by atoms with van der Waals surface area (Å²) >= 11 is 0. The van der Waals surface area contributed by atoms with Crippen LogP contribution in [0.2, 0.25) is 0 Å². The molecule has 1 amide bonds. The second-order valence-electron chi connectivity index (χ2n) is 7.41. The molecular formula is C25H23N3O3. The zero-order valence-electron chi connectivity index (χ0n) is 17.9. The van der Waals surface area contributed by atoms with Crippen molar-refractivity contribution in [2.75, 3.05) is 5.32 Å². The van der Waals surface area contributed by atoms with E-state index in [9.17, 15) is 14.9 Å². The van der Waals surface area contributed by atoms with E-state index in [1.807, 2.05) is 32.0 Å². The van der Waals surface area contributed by atoms with Crippen LogP contribution in [-0.2, 0) is 4.79 Å². The van der Waals surface area contributed by atoms with Gasteiger partial charge >= 0.3 is 5.97 Å². The second kappa shape index (κ2) is 8.72. The van der Waals surface area contributed by atoms with E-state index in [1.54, 1.807) is 12.1 Å². The molecule has 0 radical (unpaired) electrons. The van der Waals surface area contributed by atoms with E-state index in [4.69, 9.17) is 5.11 Å². The molecule has 1 heterocycles. The zero-order chi connectivity index (χ0) is 22.7. The Morgan fingerprint density at radius 1 is 1.03 bits per heavy atom. The third kappa shape index (κ3) is 4.41. The summed E-state index contributed by atoms with van der Waals surface area (Å²) in [7, 11) is 0. The molecule has 0 unspecified atom stereocenters. The fourth-order valence-corrected chi connectivity index (χ4v) is 3.67. The summed E-state index contributed by atoms with van der Waals surface area (Å²) in [6, 6.07) is 15.9. The van der Waals surface area contributed by atoms with Gasteiger partial charge in [0.15, 0.2) is 0 Å². The van der Waals surface area contributed by atoms with Crippen LogP contribution in [0.15, 0.2) is 54.1 Å². The van der Waals surface area contributed by atoms with Crippen LogP contribution >= 0.6 is 0 Å². The molecule has 6 nitrogen and oxygen atoms in total. The number of para-hydroxylation sites is 1. The lowest BCUT2D eigenvalue weighted by Crippen LogP contribution is -2.14. The maximum Gasteiger partial charge on any atom is 0.335 e. The minimum atomic E-state index is -1.09. The van der Waals surface area contributed by atoms with Gasteiger partial charge in [0.2, 0.25) is 0 Å². The van der Waals surface area contributed by atoms with E-state index in [-0.39, 0.29) is 11.1 Å². The molecule has 0 bridgehead atoms. The lowest BCUT2D eigenvalue weighted by molar-refractivity contribution is -0.112. The maximum absolute atomic E-state index is 12.7. The topological polar surface area (TPSA) is 95.1 Å². The molecule has 2 N–H and O–H groups in total. The van der Waals surface area contributed by atoms with E-state index in [0.717, 1.165) is 33.8 Å². The predicted octanol–water partition coefficient (Wildman–Crippen LogP) is 4.95. The first-order valence-corrected chi connectivity index (χ1v) is 9.75. The standard InChI is InChI=1S/C25H23N3O3/c1-15-7-5-8-16(2)23(15)28-17(3)11-20(18(28)4)12-21(14-26)24(29)27-22-10-6-9-19(13-22)25(30)31/h5-13H,1-4H3,(H,27,29)(H,30,31)/b21-12-. The van der Waals surface area contributed by atoms with E-state index >= 15 is 0 Å². The van der Waals surface area contributed by atoms with Crippen molar-refractivity contribution in [3.63, 3.8) is 0 Å². The highest BCUT2D eigenvalue weighted by Gasteiger charge is 2.16. The maximum atomic E-state index is 12.7. The van der Waals surface area contributed by atoms with Gasteiger partial charge in [-0.25, -0.2) is 4.79 Å². The zero-order valence-corrected chi connectivity index (χ0v) is 17.9. The number of hydrogen-bond acceptors (Lipinski definition) is 3. The number of carboxylic acids is 1. The summed E-state index contributed by atoms with van der Waals surface area (Å²) in [5.41, 5.74) is 6.34. The number of amides is 1. The van der Waals surface area contributed by atoms with Crippen molar-refractivity contribution in [1.82, 2.24) is 4.57 Å². The molecular weight excluding hydrogens is 390 g/mol. The molecule has 2 aromatic carbocycles. The summed E-state index contributed by atoms with van der Waals surface area (Å²) in [4.78, 5) is 23.8. The Labute approximate surface area is 181 Å². The minimum absolute atomic E-state index is 0.0532. The predicted molar refractivity (Wildman–Crippen MR) is 120 cm³/mol. The van der Waals surface area contributed by atoms with Crippen LogP contribution in [0.4, 0.5) is 5.69 Å². The fourth-order valence-electron chi connectivity index (χ4n) is 3.67. The molecule has 31 heavy (non-hydrogen) atoms. The van der Waals surface area contributed by atoms with Crippen molar-refractivity contribution < 1.29 is 14.7 Å². The molecule has 156 valence electrons. The third-order valence-corrected chi connectivity index (χ3v) is 5.17. The third-order valence-electron chi connectivity index (χ3n) is 5.17. The SMILES string of the molecule is Cc1cccc(C)c1-n1c(C)cc(/C=C(/C#N)C(=O)Nc2cccc(C(=O)O)c2)c1C. The van der Waals surface area contributed by atoms with Crippen molar-refractivity contribution in [2.45, 2.75) is 27.7 Å². The highest BCUT2D eigenvalue weighted by molar-refractivity contribution is 6.10. The number of carbonyl (C=O) groups excluding carboxylic acids is 1. The van der Waals surface area contributed by atoms with Crippen LogP contribution in [0.3, 0.4) is 0 Å². The summed E-state index contributed by atoms with van der Waals surface area (Å²) in [5, 5.41) is 21.3. The Morgan fingerprint density at radius 3 is 2.29 bits per heavy atom. The number of aromatic carboxylic acids is 1. The molecule has 0 saturated heterocycles. The average molecular weight is 413 g/mol. The number of aromatic nitrogens is 1. The molecule has 0 fully saturated rings. The van der Waals surface area contributed by atoms with Gasteiger partial charge in [0.25, 0.3) is 5.91 Å². The number of rotatable bonds is 5. The van der Waals surface area contributed by atoms with Crippen molar-refractivity contribution >= 4 is 23.6 Å². The number of benzene rings is 2. The van der Waals surface area contributed by atoms with Gasteiger partial charge in [0, 0.05) is 17.1 Å². The van der Waals surface area contributed by atoms with Gasteiger partial charge in [0.05, 0.1) is 11.3 Å². The number of nitrogens with one attached hydrogen (secondary N) is 1. The smallest absolute Gasteiger partial charge is 0.335 e. The van der Waals surface area contributed by atoms with Gasteiger partial charge in [-0.1, -0.05) is 24.3 Å². The van der Waals surface area contributed by atoms with Crippen LogP contribution in [0, 0.1) is 39.0 Å². The van der Waals surface area contributed by atoms with Crippen LogP contribution < -0.4 is 5.32 Å². The number of aryl methyl sites for hydroxylation is 3. The van der Waals surface area contributed by atoms with Crippen LogP contribution in [-0.4, -0.2) is 21.6 Å². The number of hydrogen-bond donors (Lipinski definition) is 2. The molecule has 0 saturated carbocycles. The Balaban J connectivity index is 1.97. The number of anilines is 1. The molecule has 0 aliphatic rings. The Bertz CT molecular complexity index is 1240. The molecule has 0 atom stereocenters. The Morgan fingerprint density at radius 2 is 1.68 bits per heavy atom. The molecule has 6 heteroatoms. The highest BCUT2D eigenvalue weighted by atomic mass is 16.4. The Hall–Kier alpha value is -4.11. The van der Waals surface area contributed by atoms with Gasteiger partial charge in [-0.15, -0.1) is 0 Å². The summed E-state index contributed by atoms with van der Waals surface area (Å²) in [6.07, 6.45) is 1.56. The monoisotopic (exact) mass is 413 g/mol. The molecule has 0 spiro atoms. The lowest BCUT2D eigenvalue weighted by atomic mass is 10.1. The number of nitrogens with zero attached hydrogens (tertiary/aromatic N) is 2.